The van der Waals surface area contributed by atoms with Crippen LogP contribution < -0.4 is 10.6 Å². The van der Waals surface area contributed by atoms with Crippen LogP contribution in [-0.2, 0) is 16.0 Å². The molecule has 1 fully saturated rings. The molecule has 4 heteroatoms. The second-order valence-electron chi connectivity index (χ2n) is 4.07. The Morgan fingerprint density at radius 3 is 2.94 bits per heavy atom. The minimum Gasteiger partial charge on any atom is -0.365 e. The lowest BCUT2D eigenvalue weighted by atomic mass is 10.1. The lowest BCUT2D eigenvalue weighted by Crippen LogP contribution is -2.51. The first-order valence-corrected chi connectivity index (χ1v) is 5.99. The molecule has 0 saturated carbocycles. The van der Waals surface area contributed by atoms with Crippen LogP contribution in [0.1, 0.15) is 12.5 Å². The SMILES string of the molecule is CCc1ccccc1N1CCOC(CN)C1=O. The number of carbonyl (C=O) groups is 1. The second-order valence-corrected chi connectivity index (χ2v) is 4.07. The lowest BCUT2D eigenvalue weighted by Gasteiger charge is -2.33. The van der Waals surface area contributed by atoms with Crippen molar-refractivity contribution in [2.24, 2.45) is 5.73 Å². The molecule has 1 unspecified atom stereocenters. The Balaban J connectivity index is 2.29. The molecule has 1 amide bonds. The van der Waals surface area contributed by atoms with Crippen LogP contribution >= 0.6 is 0 Å². The van der Waals surface area contributed by atoms with Crippen molar-refractivity contribution in [3.8, 4) is 0 Å². The Morgan fingerprint density at radius 2 is 2.24 bits per heavy atom. The summed E-state index contributed by atoms with van der Waals surface area (Å²) < 4.78 is 5.35. The molecule has 0 radical (unpaired) electrons. The fraction of sp³-hybridized carbons (Fsp3) is 0.462. The topological polar surface area (TPSA) is 55.6 Å². The molecule has 1 aromatic carbocycles. The highest BCUT2D eigenvalue weighted by atomic mass is 16.5. The summed E-state index contributed by atoms with van der Waals surface area (Å²) in [6.07, 6.45) is 0.419. The van der Waals surface area contributed by atoms with Gasteiger partial charge in [0.05, 0.1) is 6.61 Å². The van der Waals surface area contributed by atoms with Gasteiger partial charge >= 0.3 is 0 Å². The molecule has 0 aliphatic carbocycles. The van der Waals surface area contributed by atoms with E-state index in [2.05, 4.69) is 13.0 Å². The normalized spacial score (nSPS) is 20.7. The number of carbonyl (C=O) groups excluding carboxylic acids is 1. The number of nitrogens with zero attached hydrogens (tertiary/aromatic N) is 1. The van der Waals surface area contributed by atoms with E-state index in [1.165, 1.54) is 5.56 Å². The van der Waals surface area contributed by atoms with E-state index < -0.39 is 6.10 Å². The van der Waals surface area contributed by atoms with E-state index in [0.29, 0.717) is 13.2 Å². The fourth-order valence-corrected chi connectivity index (χ4v) is 2.12. The Hall–Kier alpha value is -1.39. The highest BCUT2D eigenvalue weighted by Gasteiger charge is 2.30. The number of amides is 1. The van der Waals surface area contributed by atoms with Crippen molar-refractivity contribution >= 4 is 11.6 Å². The summed E-state index contributed by atoms with van der Waals surface area (Å²) in [6.45, 7) is 3.48. The smallest absolute Gasteiger partial charge is 0.257 e. The standard InChI is InChI=1S/C13H18N2O2/c1-2-10-5-3-4-6-11(10)15-7-8-17-12(9-14)13(15)16/h3-6,12H,2,7-9,14H2,1H3. The molecule has 0 spiro atoms. The predicted octanol–water partition coefficient (Wildman–Crippen LogP) is 0.939. The van der Waals surface area contributed by atoms with Crippen molar-refractivity contribution in [3.63, 3.8) is 0 Å². The van der Waals surface area contributed by atoms with E-state index in [1.807, 2.05) is 18.2 Å². The molecule has 0 aromatic heterocycles. The Kier molecular flexibility index (Phi) is 3.76. The molecule has 4 nitrogen and oxygen atoms in total. The highest BCUT2D eigenvalue weighted by Crippen LogP contribution is 2.23. The summed E-state index contributed by atoms with van der Waals surface area (Å²) in [5.74, 6) is -0.0281. The third kappa shape index (κ3) is 2.33. The number of anilines is 1. The molecule has 2 rings (SSSR count). The number of para-hydroxylation sites is 1. The van der Waals surface area contributed by atoms with E-state index in [1.54, 1.807) is 4.90 Å². The molecule has 92 valence electrons. The van der Waals surface area contributed by atoms with Crippen molar-refractivity contribution in [2.75, 3.05) is 24.6 Å². The summed E-state index contributed by atoms with van der Waals surface area (Å²) in [4.78, 5) is 13.9. The molecule has 1 saturated heterocycles. The predicted molar refractivity (Wildman–Crippen MR) is 67.0 cm³/mol. The van der Waals surface area contributed by atoms with Crippen LogP contribution in [0.25, 0.3) is 0 Å². The summed E-state index contributed by atoms with van der Waals surface area (Å²) in [5.41, 5.74) is 7.70. The average molecular weight is 234 g/mol. The van der Waals surface area contributed by atoms with Gasteiger partial charge in [0.2, 0.25) is 0 Å². The van der Waals surface area contributed by atoms with Crippen molar-refractivity contribution in [3.05, 3.63) is 29.8 Å². The number of aryl methyl sites for hydroxylation is 1. The van der Waals surface area contributed by atoms with Gasteiger partial charge < -0.3 is 15.4 Å². The number of ether oxygens (including phenoxy) is 1. The Labute approximate surface area is 101 Å². The van der Waals surface area contributed by atoms with Crippen LogP contribution in [-0.4, -0.2) is 31.7 Å². The van der Waals surface area contributed by atoms with E-state index in [-0.39, 0.29) is 12.5 Å². The minimum atomic E-state index is -0.492. The highest BCUT2D eigenvalue weighted by molar-refractivity contribution is 5.98. The van der Waals surface area contributed by atoms with Gasteiger partial charge in [-0.05, 0) is 18.1 Å². The average Bonchev–Trinajstić information content (AvgIpc) is 2.39. The van der Waals surface area contributed by atoms with Crippen molar-refractivity contribution in [2.45, 2.75) is 19.4 Å². The van der Waals surface area contributed by atoms with Crippen LogP contribution in [0.15, 0.2) is 24.3 Å². The van der Waals surface area contributed by atoms with E-state index in [0.717, 1.165) is 12.1 Å². The molecule has 17 heavy (non-hydrogen) atoms. The van der Waals surface area contributed by atoms with Crippen LogP contribution in [0.4, 0.5) is 5.69 Å². The van der Waals surface area contributed by atoms with Crippen molar-refractivity contribution < 1.29 is 9.53 Å². The number of morpholine rings is 1. The first-order chi connectivity index (χ1) is 8.27. The molecular formula is C13H18N2O2. The number of hydrogen-bond acceptors (Lipinski definition) is 3. The maximum absolute atomic E-state index is 12.1. The van der Waals surface area contributed by atoms with Gasteiger partial charge in [-0.2, -0.15) is 0 Å². The number of rotatable bonds is 3. The van der Waals surface area contributed by atoms with E-state index >= 15 is 0 Å². The maximum atomic E-state index is 12.1. The fourth-order valence-electron chi connectivity index (χ4n) is 2.12. The number of nitrogens with two attached hydrogens (primary N) is 1. The molecule has 1 aliphatic heterocycles. The Morgan fingerprint density at radius 1 is 1.47 bits per heavy atom. The van der Waals surface area contributed by atoms with Gasteiger partial charge in [-0.3, -0.25) is 4.79 Å². The summed E-state index contributed by atoms with van der Waals surface area (Å²) in [7, 11) is 0. The van der Waals surface area contributed by atoms with Gasteiger partial charge in [0.15, 0.2) is 0 Å². The summed E-state index contributed by atoms with van der Waals surface area (Å²) >= 11 is 0. The molecule has 2 N–H and O–H groups in total. The van der Waals surface area contributed by atoms with Gasteiger partial charge in [0, 0.05) is 18.8 Å². The molecule has 0 bridgehead atoms. The van der Waals surface area contributed by atoms with Gasteiger partial charge in [0.25, 0.3) is 5.91 Å². The summed E-state index contributed by atoms with van der Waals surface area (Å²) in [6, 6.07) is 7.98. The third-order valence-electron chi connectivity index (χ3n) is 3.05. The summed E-state index contributed by atoms with van der Waals surface area (Å²) in [5, 5.41) is 0. The first kappa shape index (κ1) is 12.1. The first-order valence-electron chi connectivity index (χ1n) is 5.99. The van der Waals surface area contributed by atoms with Crippen molar-refractivity contribution in [1.82, 2.24) is 0 Å². The molecule has 1 atom stereocenters. The van der Waals surface area contributed by atoms with Gasteiger partial charge in [-0.1, -0.05) is 25.1 Å². The minimum absolute atomic E-state index is 0.0281. The van der Waals surface area contributed by atoms with Crippen LogP contribution in [0.2, 0.25) is 0 Å². The van der Waals surface area contributed by atoms with E-state index in [9.17, 15) is 4.79 Å². The largest absolute Gasteiger partial charge is 0.365 e. The number of benzene rings is 1. The zero-order valence-electron chi connectivity index (χ0n) is 10.1. The molecule has 1 aliphatic rings. The molecule has 1 aromatic rings. The third-order valence-corrected chi connectivity index (χ3v) is 3.05. The van der Waals surface area contributed by atoms with Crippen LogP contribution in [0.3, 0.4) is 0 Å². The van der Waals surface area contributed by atoms with Gasteiger partial charge in [0.1, 0.15) is 6.10 Å². The van der Waals surface area contributed by atoms with Crippen LogP contribution in [0.5, 0.6) is 0 Å². The molecule has 1 heterocycles. The quantitative estimate of drug-likeness (QED) is 0.846. The maximum Gasteiger partial charge on any atom is 0.257 e. The van der Waals surface area contributed by atoms with E-state index in [4.69, 9.17) is 10.5 Å². The Bertz CT molecular complexity index is 406. The van der Waals surface area contributed by atoms with Gasteiger partial charge in [-0.25, -0.2) is 0 Å². The van der Waals surface area contributed by atoms with Crippen molar-refractivity contribution in [1.29, 1.82) is 0 Å². The van der Waals surface area contributed by atoms with Gasteiger partial charge in [-0.15, -0.1) is 0 Å². The van der Waals surface area contributed by atoms with Crippen LogP contribution in [0, 0.1) is 0 Å². The molecular weight excluding hydrogens is 216 g/mol. The second kappa shape index (κ2) is 5.29. The number of hydrogen-bond donors (Lipinski definition) is 1. The zero-order chi connectivity index (χ0) is 12.3. The monoisotopic (exact) mass is 234 g/mol. The lowest BCUT2D eigenvalue weighted by molar-refractivity contribution is -0.133. The zero-order valence-corrected chi connectivity index (χ0v) is 10.1.